The second kappa shape index (κ2) is 7.77. The monoisotopic (exact) mass is 324 g/mol. The van der Waals surface area contributed by atoms with Crippen LogP contribution >= 0.6 is 0 Å². The van der Waals surface area contributed by atoms with Crippen molar-refractivity contribution in [2.24, 2.45) is 5.41 Å². The molecule has 0 spiro atoms. The highest BCUT2D eigenvalue weighted by Gasteiger charge is 2.20. The van der Waals surface area contributed by atoms with Crippen LogP contribution in [0.1, 0.15) is 27.2 Å². The molecule has 0 fully saturated rings. The molecular formula is C20H24N2O2. The summed E-state index contributed by atoms with van der Waals surface area (Å²) in [6.45, 7) is 5.87. The first-order valence-corrected chi connectivity index (χ1v) is 8.10. The van der Waals surface area contributed by atoms with Gasteiger partial charge in [-0.2, -0.15) is 0 Å². The first-order chi connectivity index (χ1) is 11.4. The summed E-state index contributed by atoms with van der Waals surface area (Å²) < 4.78 is 0. The molecule has 0 aromatic heterocycles. The van der Waals surface area contributed by atoms with E-state index in [1.54, 1.807) is 0 Å². The fraction of sp³-hybridized carbons (Fsp3) is 0.300. The number of hydrogen-bond donors (Lipinski definition) is 2. The van der Waals surface area contributed by atoms with Crippen molar-refractivity contribution in [3.8, 4) is 11.1 Å². The average molecular weight is 324 g/mol. The van der Waals surface area contributed by atoms with Crippen molar-refractivity contribution in [1.82, 2.24) is 5.32 Å². The topological polar surface area (TPSA) is 58.2 Å². The highest BCUT2D eigenvalue weighted by molar-refractivity contribution is 5.91. The van der Waals surface area contributed by atoms with Crippen molar-refractivity contribution >= 4 is 17.5 Å². The molecule has 4 heteroatoms. The second-order valence-electron chi connectivity index (χ2n) is 6.75. The number of rotatable bonds is 5. The second-order valence-corrected chi connectivity index (χ2v) is 6.75. The molecule has 2 aromatic rings. The highest BCUT2D eigenvalue weighted by atomic mass is 16.2. The molecule has 0 bridgehead atoms. The van der Waals surface area contributed by atoms with E-state index in [-0.39, 0.29) is 18.2 Å². The molecule has 2 amide bonds. The maximum atomic E-state index is 11.9. The maximum Gasteiger partial charge on any atom is 0.226 e. The summed E-state index contributed by atoms with van der Waals surface area (Å²) in [5.74, 6) is -0.167. The Kier molecular flexibility index (Phi) is 5.74. The van der Waals surface area contributed by atoms with E-state index in [2.05, 4.69) is 10.6 Å². The van der Waals surface area contributed by atoms with Crippen LogP contribution in [-0.2, 0) is 9.59 Å². The Morgan fingerprint density at radius 1 is 0.875 bits per heavy atom. The van der Waals surface area contributed by atoms with E-state index >= 15 is 0 Å². The summed E-state index contributed by atoms with van der Waals surface area (Å²) >= 11 is 0. The van der Waals surface area contributed by atoms with Gasteiger partial charge in [-0.05, 0) is 23.3 Å². The van der Waals surface area contributed by atoms with Gasteiger partial charge in [0.2, 0.25) is 11.8 Å². The molecule has 0 aliphatic heterocycles. The smallest absolute Gasteiger partial charge is 0.226 e. The van der Waals surface area contributed by atoms with Gasteiger partial charge in [-0.1, -0.05) is 63.2 Å². The Bertz CT molecular complexity index is 686. The summed E-state index contributed by atoms with van der Waals surface area (Å²) in [5, 5.41) is 5.61. The Balaban J connectivity index is 1.83. The van der Waals surface area contributed by atoms with Crippen molar-refractivity contribution in [3.63, 3.8) is 0 Å². The zero-order valence-electron chi connectivity index (χ0n) is 14.4. The number of anilines is 1. The van der Waals surface area contributed by atoms with Crippen LogP contribution in [0.25, 0.3) is 11.1 Å². The van der Waals surface area contributed by atoms with Gasteiger partial charge in [0.1, 0.15) is 0 Å². The van der Waals surface area contributed by atoms with Gasteiger partial charge in [-0.25, -0.2) is 0 Å². The van der Waals surface area contributed by atoms with Crippen LogP contribution in [0.5, 0.6) is 0 Å². The van der Waals surface area contributed by atoms with Gasteiger partial charge in [0, 0.05) is 24.1 Å². The molecule has 4 nitrogen and oxygen atoms in total. The Labute approximate surface area is 143 Å². The third kappa shape index (κ3) is 5.23. The van der Waals surface area contributed by atoms with E-state index in [0.29, 0.717) is 6.54 Å². The molecule has 2 aromatic carbocycles. The number of carbonyl (C=O) groups is 2. The average Bonchev–Trinajstić information content (AvgIpc) is 2.55. The summed E-state index contributed by atoms with van der Waals surface area (Å²) in [7, 11) is 0. The summed E-state index contributed by atoms with van der Waals surface area (Å²) in [4.78, 5) is 23.7. The lowest BCUT2D eigenvalue weighted by Gasteiger charge is -2.17. The molecule has 0 aliphatic carbocycles. The lowest BCUT2D eigenvalue weighted by molar-refractivity contribution is -0.128. The Morgan fingerprint density at radius 2 is 1.46 bits per heavy atom. The summed E-state index contributed by atoms with van der Waals surface area (Å²) in [5.41, 5.74) is 2.55. The normalized spacial score (nSPS) is 11.0. The van der Waals surface area contributed by atoms with Crippen LogP contribution in [0, 0.1) is 5.41 Å². The van der Waals surface area contributed by atoms with Crippen LogP contribution in [-0.4, -0.2) is 18.4 Å². The number of benzene rings is 2. The van der Waals surface area contributed by atoms with Crippen LogP contribution in [0.2, 0.25) is 0 Å². The molecule has 0 saturated carbocycles. The van der Waals surface area contributed by atoms with Crippen molar-refractivity contribution in [1.29, 1.82) is 0 Å². The first kappa shape index (κ1) is 17.7. The standard InChI is InChI=1S/C20H24N2O2/c1-20(2,3)19(24)21-14-13-18(23)22-17-11-9-16(10-12-17)15-7-5-4-6-8-15/h4-12H,13-14H2,1-3H3,(H,21,24)(H,22,23). The highest BCUT2D eigenvalue weighted by Crippen LogP contribution is 2.21. The number of amides is 2. The Morgan fingerprint density at radius 3 is 2.04 bits per heavy atom. The van der Waals surface area contributed by atoms with E-state index < -0.39 is 5.41 Å². The predicted octanol–water partition coefficient (Wildman–Crippen LogP) is 3.84. The molecular weight excluding hydrogens is 300 g/mol. The molecule has 0 heterocycles. The van der Waals surface area contributed by atoms with Crippen LogP contribution in [0.15, 0.2) is 54.6 Å². The van der Waals surface area contributed by atoms with Gasteiger partial charge in [0.05, 0.1) is 0 Å². The minimum Gasteiger partial charge on any atom is -0.355 e. The molecule has 0 unspecified atom stereocenters. The molecule has 0 radical (unpaired) electrons. The van der Waals surface area contributed by atoms with Gasteiger partial charge < -0.3 is 10.6 Å². The van der Waals surface area contributed by atoms with Gasteiger partial charge in [0.15, 0.2) is 0 Å². The fourth-order valence-corrected chi connectivity index (χ4v) is 2.15. The molecule has 24 heavy (non-hydrogen) atoms. The van der Waals surface area contributed by atoms with E-state index in [0.717, 1.165) is 16.8 Å². The van der Waals surface area contributed by atoms with E-state index in [1.807, 2.05) is 75.4 Å². The fourth-order valence-electron chi connectivity index (χ4n) is 2.15. The van der Waals surface area contributed by atoms with E-state index in [1.165, 1.54) is 0 Å². The summed E-state index contributed by atoms with van der Waals surface area (Å²) in [6, 6.07) is 17.8. The molecule has 0 aliphatic rings. The third-order valence-electron chi connectivity index (χ3n) is 3.59. The SMILES string of the molecule is CC(C)(C)C(=O)NCCC(=O)Nc1ccc(-c2ccccc2)cc1. The van der Waals surface area contributed by atoms with Crippen molar-refractivity contribution < 1.29 is 9.59 Å². The number of carbonyl (C=O) groups excluding carboxylic acids is 2. The van der Waals surface area contributed by atoms with Crippen molar-refractivity contribution in [2.75, 3.05) is 11.9 Å². The third-order valence-corrected chi connectivity index (χ3v) is 3.59. The van der Waals surface area contributed by atoms with Crippen LogP contribution in [0.4, 0.5) is 5.69 Å². The van der Waals surface area contributed by atoms with Gasteiger partial charge in [-0.15, -0.1) is 0 Å². The molecule has 0 atom stereocenters. The zero-order chi connectivity index (χ0) is 17.6. The maximum absolute atomic E-state index is 11.9. The largest absolute Gasteiger partial charge is 0.355 e. The molecule has 2 N–H and O–H groups in total. The lowest BCUT2D eigenvalue weighted by atomic mass is 9.96. The van der Waals surface area contributed by atoms with Gasteiger partial charge in [-0.3, -0.25) is 9.59 Å². The van der Waals surface area contributed by atoms with Crippen molar-refractivity contribution in [2.45, 2.75) is 27.2 Å². The number of hydrogen-bond acceptors (Lipinski definition) is 2. The van der Waals surface area contributed by atoms with Crippen LogP contribution < -0.4 is 10.6 Å². The zero-order valence-corrected chi connectivity index (χ0v) is 14.4. The lowest BCUT2D eigenvalue weighted by Crippen LogP contribution is -2.36. The molecule has 2 rings (SSSR count). The van der Waals surface area contributed by atoms with Gasteiger partial charge in [0.25, 0.3) is 0 Å². The van der Waals surface area contributed by atoms with E-state index in [9.17, 15) is 9.59 Å². The quantitative estimate of drug-likeness (QED) is 0.878. The van der Waals surface area contributed by atoms with Crippen LogP contribution in [0.3, 0.4) is 0 Å². The molecule has 126 valence electrons. The predicted molar refractivity (Wildman–Crippen MR) is 97.6 cm³/mol. The number of nitrogens with one attached hydrogen (secondary N) is 2. The van der Waals surface area contributed by atoms with Gasteiger partial charge >= 0.3 is 0 Å². The van der Waals surface area contributed by atoms with E-state index in [4.69, 9.17) is 0 Å². The minimum atomic E-state index is -0.441. The Hall–Kier alpha value is -2.62. The first-order valence-electron chi connectivity index (χ1n) is 8.10. The summed E-state index contributed by atoms with van der Waals surface area (Å²) in [6.07, 6.45) is 0.252. The van der Waals surface area contributed by atoms with Crippen molar-refractivity contribution in [3.05, 3.63) is 54.6 Å². The minimum absolute atomic E-state index is 0.0532. The molecule has 0 saturated heterocycles.